The maximum Gasteiger partial charge on any atom is 0.220 e. The SMILES string of the molecule is Nc1nccc(-c2c[nH]c3nccc(NC4CCCC(N)C4)c23)n1. The highest BCUT2D eigenvalue weighted by molar-refractivity contribution is 6.01. The van der Waals surface area contributed by atoms with Gasteiger partial charge in [0.25, 0.3) is 0 Å². The van der Waals surface area contributed by atoms with Gasteiger partial charge in [-0.3, -0.25) is 0 Å². The van der Waals surface area contributed by atoms with E-state index in [-0.39, 0.29) is 12.0 Å². The van der Waals surface area contributed by atoms with Crippen molar-refractivity contribution in [1.29, 1.82) is 0 Å². The van der Waals surface area contributed by atoms with Crippen LogP contribution >= 0.6 is 0 Å². The van der Waals surface area contributed by atoms with Crippen LogP contribution in [0.25, 0.3) is 22.3 Å². The monoisotopic (exact) mass is 323 g/mol. The lowest BCUT2D eigenvalue weighted by atomic mass is 9.91. The van der Waals surface area contributed by atoms with Gasteiger partial charge in [-0.1, -0.05) is 0 Å². The summed E-state index contributed by atoms with van der Waals surface area (Å²) >= 11 is 0. The summed E-state index contributed by atoms with van der Waals surface area (Å²) in [7, 11) is 0. The van der Waals surface area contributed by atoms with E-state index >= 15 is 0 Å². The highest BCUT2D eigenvalue weighted by atomic mass is 15.0. The van der Waals surface area contributed by atoms with Gasteiger partial charge in [-0.05, 0) is 37.8 Å². The number of nitrogens with two attached hydrogens (primary N) is 2. The first-order valence-electron chi connectivity index (χ1n) is 8.28. The van der Waals surface area contributed by atoms with Crippen molar-refractivity contribution >= 4 is 22.7 Å². The topological polar surface area (TPSA) is 119 Å². The van der Waals surface area contributed by atoms with Gasteiger partial charge in [0.2, 0.25) is 5.95 Å². The van der Waals surface area contributed by atoms with Gasteiger partial charge >= 0.3 is 0 Å². The number of aromatic nitrogens is 4. The molecule has 2 unspecified atom stereocenters. The summed E-state index contributed by atoms with van der Waals surface area (Å²) in [6.45, 7) is 0. The van der Waals surface area contributed by atoms with Crippen molar-refractivity contribution in [2.75, 3.05) is 11.1 Å². The molecule has 7 nitrogen and oxygen atoms in total. The molecule has 1 aliphatic rings. The van der Waals surface area contributed by atoms with Crippen molar-refractivity contribution in [2.24, 2.45) is 5.73 Å². The summed E-state index contributed by atoms with van der Waals surface area (Å²) in [6.07, 6.45) is 9.79. The van der Waals surface area contributed by atoms with Gasteiger partial charge in [-0.15, -0.1) is 0 Å². The van der Waals surface area contributed by atoms with Crippen molar-refractivity contribution in [1.82, 2.24) is 19.9 Å². The molecule has 0 bridgehead atoms. The molecule has 2 atom stereocenters. The summed E-state index contributed by atoms with van der Waals surface area (Å²) in [5.41, 5.74) is 15.5. The van der Waals surface area contributed by atoms with Crippen LogP contribution < -0.4 is 16.8 Å². The first-order chi connectivity index (χ1) is 11.7. The molecule has 6 N–H and O–H groups in total. The molecule has 7 heteroatoms. The highest BCUT2D eigenvalue weighted by Crippen LogP contribution is 2.33. The van der Waals surface area contributed by atoms with E-state index in [1.165, 1.54) is 0 Å². The number of hydrogen-bond donors (Lipinski definition) is 4. The summed E-state index contributed by atoms with van der Waals surface area (Å²) in [5, 5.41) is 4.67. The van der Waals surface area contributed by atoms with Gasteiger partial charge in [0.15, 0.2) is 0 Å². The van der Waals surface area contributed by atoms with Gasteiger partial charge in [0.1, 0.15) is 5.65 Å². The van der Waals surface area contributed by atoms with Crippen LogP contribution in [0.15, 0.2) is 30.7 Å². The number of H-pyrrole nitrogens is 1. The van der Waals surface area contributed by atoms with E-state index in [0.29, 0.717) is 6.04 Å². The zero-order chi connectivity index (χ0) is 16.5. The standard InChI is InChI=1S/C17H21N7/c18-10-2-1-3-11(8-10)23-14-5-6-20-16-15(14)12(9-22-16)13-4-7-21-17(19)24-13/h4-7,9-11H,1-3,8,18H2,(H2,19,21,24)(H2,20,22,23). The number of nitrogens with zero attached hydrogens (tertiary/aromatic N) is 3. The van der Waals surface area contributed by atoms with Crippen LogP contribution in [0.1, 0.15) is 25.7 Å². The molecule has 3 aromatic rings. The smallest absolute Gasteiger partial charge is 0.220 e. The molecule has 1 aliphatic carbocycles. The van der Waals surface area contributed by atoms with E-state index in [4.69, 9.17) is 11.5 Å². The Balaban J connectivity index is 1.74. The van der Waals surface area contributed by atoms with E-state index in [1.54, 1.807) is 6.20 Å². The molecule has 3 aromatic heterocycles. The molecular weight excluding hydrogens is 302 g/mol. The first kappa shape index (κ1) is 14.9. The fourth-order valence-electron chi connectivity index (χ4n) is 3.48. The zero-order valence-corrected chi connectivity index (χ0v) is 13.4. The number of aromatic amines is 1. The lowest BCUT2D eigenvalue weighted by Gasteiger charge is -2.28. The summed E-state index contributed by atoms with van der Waals surface area (Å²) in [5.74, 6) is 0.263. The highest BCUT2D eigenvalue weighted by Gasteiger charge is 2.21. The average Bonchev–Trinajstić information content (AvgIpc) is 3.00. The molecule has 24 heavy (non-hydrogen) atoms. The minimum atomic E-state index is 0.263. The fourth-order valence-corrected chi connectivity index (χ4v) is 3.48. The minimum Gasteiger partial charge on any atom is -0.382 e. The Kier molecular flexibility index (Phi) is 3.78. The van der Waals surface area contributed by atoms with Gasteiger partial charge in [0.05, 0.1) is 11.1 Å². The number of fused-ring (bicyclic) bond motifs is 1. The van der Waals surface area contributed by atoms with E-state index < -0.39 is 0 Å². The number of rotatable bonds is 3. The van der Waals surface area contributed by atoms with E-state index in [2.05, 4.69) is 25.3 Å². The van der Waals surface area contributed by atoms with Crippen LogP contribution in [0.4, 0.5) is 11.6 Å². The number of nitrogens with one attached hydrogen (secondary N) is 2. The Labute approximate surface area is 139 Å². The summed E-state index contributed by atoms with van der Waals surface area (Å²) in [6, 6.07) is 4.52. The summed E-state index contributed by atoms with van der Waals surface area (Å²) in [4.78, 5) is 15.9. The lowest BCUT2D eigenvalue weighted by molar-refractivity contribution is 0.410. The van der Waals surface area contributed by atoms with Crippen molar-refractivity contribution in [2.45, 2.75) is 37.8 Å². The van der Waals surface area contributed by atoms with Crippen LogP contribution in [0, 0.1) is 0 Å². The molecule has 3 heterocycles. The zero-order valence-electron chi connectivity index (χ0n) is 13.4. The lowest BCUT2D eigenvalue weighted by Crippen LogP contribution is -2.34. The van der Waals surface area contributed by atoms with Crippen molar-refractivity contribution in [3.8, 4) is 11.3 Å². The molecule has 0 spiro atoms. The first-order valence-corrected chi connectivity index (χ1v) is 8.28. The van der Waals surface area contributed by atoms with Crippen LogP contribution in [-0.2, 0) is 0 Å². The Bertz CT molecular complexity index is 857. The Morgan fingerprint density at radius 2 is 2.04 bits per heavy atom. The van der Waals surface area contributed by atoms with Gasteiger partial charge in [-0.2, -0.15) is 0 Å². The molecule has 0 aliphatic heterocycles. The maximum absolute atomic E-state index is 6.12. The molecule has 124 valence electrons. The molecular formula is C17H21N7. The van der Waals surface area contributed by atoms with Crippen LogP contribution in [0.3, 0.4) is 0 Å². The Morgan fingerprint density at radius 1 is 1.17 bits per heavy atom. The molecule has 0 amide bonds. The third kappa shape index (κ3) is 2.78. The predicted molar refractivity (Wildman–Crippen MR) is 95.4 cm³/mol. The normalized spacial score (nSPS) is 21.0. The second-order valence-corrected chi connectivity index (χ2v) is 6.35. The van der Waals surface area contributed by atoms with Gasteiger partial charge in [0, 0.05) is 41.9 Å². The Hall–Kier alpha value is -2.67. The van der Waals surface area contributed by atoms with Crippen molar-refractivity contribution in [3.63, 3.8) is 0 Å². The van der Waals surface area contributed by atoms with E-state index in [1.807, 2.05) is 24.5 Å². The third-order valence-electron chi connectivity index (χ3n) is 4.60. The van der Waals surface area contributed by atoms with Gasteiger partial charge < -0.3 is 21.8 Å². The molecule has 4 rings (SSSR count). The molecule has 1 fully saturated rings. The molecule has 1 saturated carbocycles. The number of pyridine rings is 1. The minimum absolute atomic E-state index is 0.263. The van der Waals surface area contributed by atoms with E-state index in [9.17, 15) is 0 Å². The molecule has 0 saturated heterocycles. The third-order valence-corrected chi connectivity index (χ3v) is 4.60. The number of hydrogen-bond acceptors (Lipinski definition) is 6. The number of nitrogen functional groups attached to an aromatic ring is 1. The van der Waals surface area contributed by atoms with Crippen LogP contribution in [-0.4, -0.2) is 32.0 Å². The average molecular weight is 323 g/mol. The van der Waals surface area contributed by atoms with Crippen molar-refractivity contribution < 1.29 is 0 Å². The second kappa shape index (κ2) is 6.09. The summed E-state index contributed by atoms with van der Waals surface area (Å²) < 4.78 is 0. The Morgan fingerprint density at radius 3 is 2.88 bits per heavy atom. The second-order valence-electron chi connectivity index (χ2n) is 6.35. The molecule has 0 aromatic carbocycles. The molecule has 0 radical (unpaired) electrons. The van der Waals surface area contributed by atoms with Gasteiger partial charge in [-0.25, -0.2) is 15.0 Å². The predicted octanol–water partition coefficient (Wildman–Crippen LogP) is 2.28. The maximum atomic E-state index is 6.12. The van der Waals surface area contributed by atoms with Crippen LogP contribution in [0.2, 0.25) is 0 Å². The number of anilines is 2. The quantitative estimate of drug-likeness (QED) is 0.587. The van der Waals surface area contributed by atoms with E-state index in [0.717, 1.165) is 53.7 Å². The largest absolute Gasteiger partial charge is 0.382 e. The van der Waals surface area contributed by atoms with Crippen molar-refractivity contribution in [3.05, 3.63) is 30.7 Å². The fraction of sp³-hybridized carbons (Fsp3) is 0.353. The van der Waals surface area contributed by atoms with Crippen LogP contribution in [0.5, 0.6) is 0 Å².